The predicted octanol–water partition coefficient (Wildman–Crippen LogP) is 4.57. The summed E-state index contributed by atoms with van der Waals surface area (Å²) in [5.41, 5.74) is 6.39. The van der Waals surface area contributed by atoms with E-state index in [1.807, 2.05) is 37.3 Å². The van der Waals surface area contributed by atoms with Crippen molar-refractivity contribution in [3.05, 3.63) is 70.8 Å². The van der Waals surface area contributed by atoms with Crippen LogP contribution in [0.5, 0.6) is 5.75 Å². The molecule has 0 unspecified atom stereocenters. The highest BCUT2D eigenvalue weighted by atomic mass is 16.5. The van der Waals surface area contributed by atoms with Crippen molar-refractivity contribution in [3.8, 4) is 22.9 Å². The van der Waals surface area contributed by atoms with Gasteiger partial charge in [0, 0.05) is 0 Å². The average Bonchev–Trinajstić information content (AvgIpc) is 2.93. The topological polar surface area (TPSA) is 100 Å². The van der Waals surface area contributed by atoms with E-state index >= 15 is 0 Å². The fourth-order valence-corrected chi connectivity index (χ4v) is 3.76. The lowest BCUT2D eigenvalue weighted by atomic mass is 9.96. The van der Waals surface area contributed by atoms with Gasteiger partial charge in [-0.2, -0.15) is 5.26 Å². The normalized spacial score (nSPS) is 11.8. The second-order valence-corrected chi connectivity index (χ2v) is 7.45. The summed E-state index contributed by atoms with van der Waals surface area (Å²) in [6.45, 7) is 1.93. The van der Waals surface area contributed by atoms with Crippen molar-refractivity contribution in [2.45, 2.75) is 13.3 Å². The van der Waals surface area contributed by atoms with Crippen LogP contribution in [0.15, 0.2) is 48.5 Å². The Hall–Kier alpha value is -4.31. The molecular weight excluding hydrogens is 406 g/mol. The third-order valence-electron chi connectivity index (χ3n) is 5.42. The van der Waals surface area contributed by atoms with Gasteiger partial charge in [-0.15, -0.1) is 0 Å². The minimum atomic E-state index is -0.348. The summed E-state index contributed by atoms with van der Waals surface area (Å²) >= 11 is 0. The highest BCUT2D eigenvalue weighted by Crippen LogP contribution is 2.37. The van der Waals surface area contributed by atoms with Gasteiger partial charge in [0.1, 0.15) is 11.8 Å². The number of aryl methyl sites for hydroxylation is 1. The lowest BCUT2D eigenvalue weighted by Crippen LogP contribution is -2.11. The molecule has 0 aliphatic carbocycles. The summed E-state index contributed by atoms with van der Waals surface area (Å²) in [6, 6.07) is 16.7. The summed E-state index contributed by atoms with van der Waals surface area (Å²) in [4.78, 5) is 24.5. The number of benzene rings is 3. The molecule has 1 amide bonds. The standard InChI is InChI=1S/C25H21N3O4/c1-14-8-17(13-26)23(31-2)12-19(14)16-5-6-18-21(11-16)27-20-7-4-15(10-24(29)32-3)9-22(20)28-25(18)30/h4-9,11-12,27H,10H2,1-3H3,(H,28,30). The number of rotatable bonds is 4. The molecule has 0 bridgehead atoms. The number of carbonyl (C=O) groups excluding carboxylic acids is 2. The van der Waals surface area contributed by atoms with E-state index in [0.29, 0.717) is 28.3 Å². The molecule has 0 saturated carbocycles. The Labute approximate surface area is 185 Å². The number of nitrogens with one attached hydrogen (secondary N) is 2. The number of hydrogen-bond acceptors (Lipinski definition) is 6. The molecule has 0 saturated heterocycles. The van der Waals surface area contributed by atoms with E-state index in [4.69, 9.17) is 9.47 Å². The number of esters is 1. The molecule has 0 radical (unpaired) electrons. The third-order valence-corrected chi connectivity index (χ3v) is 5.42. The number of anilines is 3. The van der Waals surface area contributed by atoms with E-state index in [1.54, 1.807) is 18.2 Å². The minimum absolute atomic E-state index is 0.122. The van der Waals surface area contributed by atoms with Gasteiger partial charge in [-0.1, -0.05) is 12.1 Å². The van der Waals surface area contributed by atoms with Crippen molar-refractivity contribution >= 4 is 28.9 Å². The van der Waals surface area contributed by atoms with Gasteiger partial charge >= 0.3 is 5.97 Å². The first-order valence-electron chi connectivity index (χ1n) is 9.94. The van der Waals surface area contributed by atoms with Crippen molar-refractivity contribution in [1.29, 1.82) is 5.26 Å². The first kappa shape index (κ1) is 20.9. The number of hydrogen-bond donors (Lipinski definition) is 2. The highest BCUT2D eigenvalue weighted by Gasteiger charge is 2.21. The molecule has 0 spiro atoms. The number of carbonyl (C=O) groups is 2. The van der Waals surface area contributed by atoms with Crippen LogP contribution in [0.3, 0.4) is 0 Å². The molecule has 1 aliphatic rings. The average molecular weight is 427 g/mol. The molecule has 0 aromatic heterocycles. The highest BCUT2D eigenvalue weighted by molar-refractivity contribution is 6.12. The number of amides is 1. The summed E-state index contributed by atoms with van der Waals surface area (Å²) in [5.74, 6) is -0.0987. The lowest BCUT2D eigenvalue weighted by Gasteiger charge is -2.14. The number of nitrogens with zero attached hydrogens (tertiary/aromatic N) is 1. The van der Waals surface area contributed by atoms with Crippen LogP contribution in [0, 0.1) is 18.3 Å². The van der Waals surface area contributed by atoms with E-state index in [2.05, 4.69) is 16.7 Å². The van der Waals surface area contributed by atoms with Crippen molar-refractivity contribution in [1.82, 2.24) is 0 Å². The maximum atomic E-state index is 12.9. The molecule has 160 valence electrons. The molecule has 0 atom stereocenters. The molecule has 3 aromatic carbocycles. The van der Waals surface area contributed by atoms with Crippen molar-refractivity contribution in [2.75, 3.05) is 24.9 Å². The zero-order chi connectivity index (χ0) is 22.8. The van der Waals surface area contributed by atoms with Crippen LogP contribution in [0.2, 0.25) is 0 Å². The maximum absolute atomic E-state index is 12.9. The van der Waals surface area contributed by atoms with Crippen molar-refractivity contribution in [2.24, 2.45) is 0 Å². The van der Waals surface area contributed by atoms with Crippen LogP contribution in [-0.4, -0.2) is 26.1 Å². The monoisotopic (exact) mass is 427 g/mol. The van der Waals surface area contributed by atoms with Gasteiger partial charge in [-0.25, -0.2) is 0 Å². The second kappa shape index (κ2) is 8.44. The second-order valence-electron chi connectivity index (χ2n) is 7.45. The number of nitriles is 1. The number of methoxy groups -OCH3 is 2. The van der Waals surface area contributed by atoms with Crippen LogP contribution in [0.4, 0.5) is 17.1 Å². The molecule has 32 heavy (non-hydrogen) atoms. The van der Waals surface area contributed by atoms with Gasteiger partial charge in [-0.05, 0) is 65.6 Å². The Bertz CT molecular complexity index is 1290. The Kier molecular flexibility index (Phi) is 5.52. The molecule has 3 aromatic rings. The fraction of sp³-hybridized carbons (Fsp3) is 0.160. The third kappa shape index (κ3) is 3.86. The summed E-state index contributed by atoms with van der Waals surface area (Å²) in [6.07, 6.45) is 0.122. The molecule has 0 fully saturated rings. The zero-order valence-electron chi connectivity index (χ0n) is 17.9. The zero-order valence-corrected chi connectivity index (χ0v) is 17.9. The number of ether oxygens (including phenoxy) is 2. The Morgan fingerprint density at radius 1 is 0.969 bits per heavy atom. The van der Waals surface area contributed by atoms with Gasteiger partial charge < -0.3 is 20.1 Å². The number of fused-ring (bicyclic) bond motifs is 2. The van der Waals surface area contributed by atoms with E-state index in [-0.39, 0.29) is 18.3 Å². The molecule has 7 heteroatoms. The molecule has 1 heterocycles. The van der Waals surface area contributed by atoms with Crippen LogP contribution < -0.4 is 15.4 Å². The Morgan fingerprint density at radius 3 is 2.50 bits per heavy atom. The van der Waals surface area contributed by atoms with Gasteiger partial charge in [0.05, 0.1) is 48.8 Å². The molecule has 2 N–H and O–H groups in total. The van der Waals surface area contributed by atoms with E-state index in [1.165, 1.54) is 14.2 Å². The predicted molar refractivity (Wildman–Crippen MR) is 121 cm³/mol. The fourth-order valence-electron chi connectivity index (χ4n) is 3.76. The molecule has 1 aliphatic heterocycles. The minimum Gasteiger partial charge on any atom is -0.495 e. The first-order chi connectivity index (χ1) is 15.4. The quantitative estimate of drug-likeness (QED) is 0.592. The SMILES string of the molecule is COC(=O)Cc1ccc2c(c1)NC(=O)c1ccc(-c3cc(OC)c(C#N)cc3C)cc1N2. The summed E-state index contributed by atoms with van der Waals surface area (Å²) in [7, 11) is 2.87. The summed E-state index contributed by atoms with van der Waals surface area (Å²) in [5, 5.41) is 15.5. The van der Waals surface area contributed by atoms with Crippen molar-refractivity contribution in [3.63, 3.8) is 0 Å². The maximum Gasteiger partial charge on any atom is 0.309 e. The van der Waals surface area contributed by atoms with Gasteiger partial charge in [0.2, 0.25) is 0 Å². The van der Waals surface area contributed by atoms with E-state index in [0.717, 1.165) is 27.9 Å². The van der Waals surface area contributed by atoms with Crippen LogP contribution in [0.25, 0.3) is 11.1 Å². The van der Waals surface area contributed by atoms with Crippen LogP contribution in [-0.2, 0) is 16.0 Å². The van der Waals surface area contributed by atoms with E-state index in [9.17, 15) is 14.9 Å². The Morgan fingerprint density at radius 2 is 1.78 bits per heavy atom. The van der Waals surface area contributed by atoms with Crippen molar-refractivity contribution < 1.29 is 19.1 Å². The lowest BCUT2D eigenvalue weighted by molar-refractivity contribution is -0.139. The van der Waals surface area contributed by atoms with Crippen LogP contribution in [0.1, 0.15) is 27.0 Å². The molecule has 7 nitrogen and oxygen atoms in total. The smallest absolute Gasteiger partial charge is 0.309 e. The Balaban J connectivity index is 1.74. The summed E-state index contributed by atoms with van der Waals surface area (Å²) < 4.78 is 10.1. The van der Waals surface area contributed by atoms with Gasteiger partial charge in [0.15, 0.2) is 0 Å². The molecular formula is C25H21N3O4. The first-order valence-corrected chi connectivity index (χ1v) is 9.94. The van der Waals surface area contributed by atoms with Gasteiger partial charge in [-0.3, -0.25) is 9.59 Å². The largest absolute Gasteiger partial charge is 0.495 e. The van der Waals surface area contributed by atoms with Crippen LogP contribution >= 0.6 is 0 Å². The molecule has 4 rings (SSSR count). The van der Waals surface area contributed by atoms with Gasteiger partial charge in [0.25, 0.3) is 5.91 Å². The van der Waals surface area contributed by atoms with E-state index < -0.39 is 0 Å².